The molecule has 0 spiro atoms. The van der Waals surface area contributed by atoms with Gasteiger partial charge in [-0.3, -0.25) is 5.10 Å². The summed E-state index contributed by atoms with van der Waals surface area (Å²) in [6, 6.07) is 8.04. The molecule has 0 aliphatic carbocycles. The van der Waals surface area contributed by atoms with Gasteiger partial charge in [0.05, 0.1) is 5.52 Å². The molecule has 0 unspecified atom stereocenters. The number of aromatic amines is 1. The van der Waals surface area contributed by atoms with E-state index in [1.54, 1.807) is 0 Å². The van der Waals surface area contributed by atoms with Crippen molar-refractivity contribution in [2.45, 2.75) is 12.8 Å². The van der Waals surface area contributed by atoms with E-state index in [-0.39, 0.29) is 0 Å². The predicted octanol–water partition coefficient (Wildman–Crippen LogP) is 2.13. The summed E-state index contributed by atoms with van der Waals surface area (Å²) in [5, 5.41) is 8.36. The van der Waals surface area contributed by atoms with Gasteiger partial charge in [-0.2, -0.15) is 5.10 Å². The molecular weight excluding hydrogens is 160 g/mol. The van der Waals surface area contributed by atoms with Crippen molar-refractivity contribution in [3.63, 3.8) is 0 Å². The average molecular weight is 170 g/mol. The first kappa shape index (κ1) is 7.88. The van der Waals surface area contributed by atoms with Crippen LogP contribution in [-0.4, -0.2) is 10.2 Å². The van der Waals surface area contributed by atoms with E-state index in [9.17, 15) is 0 Å². The summed E-state index contributed by atoms with van der Waals surface area (Å²) in [5.74, 6) is 2.62. The van der Waals surface area contributed by atoms with Crippen LogP contribution in [0.4, 0.5) is 0 Å². The number of nitrogens with zero attached hydrogens (tertiary/aromatic N) is 1. The number of hydrogen-bond acceptors (Lipinski definition) is 1. The molecular formula is C11H10N2. The van der Waals surface area contributed by atoms with Gasteiger partial charge in [-0.15, -0.1) is 12.3 Å². The maximum absolute atomic E-state index is 5.20. The van der Waals surface area contributed by atoms with Crippen LogP contribution in [0.15, 0.2) is 24.3 Å². The SMILES string of the molecule is C#CCCc1[nH]nc2ccccc12. The average Bonchev–Trinajstić information content (AvgIpc) is 2.58. The highest BCUT2D eigenvalue weighted by atomic mass is 15.1. The predicted molar refractivity (Wildman–Crippen MR) is 53.2 cm³/mol. The van der Waals surface area contributed by atoms with Gasteiger partial charge in [-0.25, -0.2) is 0 Å². The van der Waals surface area contributed by atoms with Crippen LogP contribution < -0.4 is 0 Å². The maximum atomic E-state index is 5.20. The molecule has 0 atom stereocenters. The number of H-pyrrole nitrogens is 1. The molecule has 1 heterocycles. The van der Waals surface area contributed by atoms with Gasteiger partial charge in [0.15, 0.2) is 0 Å². The highest BCUT2D eigenvalue weighted by Gasteiger charge is 2.02. The highest BCUT2D eigenvalue weighted by Crippen LogP contribution is 2.15. The van der Waals surface area contributed by atoms with Crippen molar-refractivity contribution >= 4 is 10.9 Å². The number of nitrogens with one attached hydrogen (secondary N) is 1. The van der Waals surface area contributed by atoms with Crippen molar-refractivity contribution in [2.24, 2.45) is 0 Å². The zero-order chi connectivity index (χ0) is 9.10. The molecule has 0 aliphatic heterocycles. The Bertz CT molecular complexity index is 448. The van der Waals surface area contributed by atoms with Crippen LogP contribution in [0, 0.1) is 12.3 Å². The lowest BCUT2D eigenvalue weighted by molar-refractivity contribution is 0.939. The van der Waals surface area contributed by atoms with E-state index in [1.165, 1.54) is 5.39 Å². The summed E-state index contributed by atoms with van der Waals surface area (Å²) in [6.07, 6.45) is 6.83. The third kappa shape index (κ3) is 1.41. The van der Waals surface area contributed by atoms with Crippen LogP contribution in [-0.2, 0) is 6.42 Å². The number of benzene rings is 1. The lowest BCUT2D eigenvalue weighted by Gasteiger charge is -1.92. The molecule has 1 aromatic heterocycles. The molecule has 0 aliphatic rings. The van der Waals surface area contributed by atoms with Crippen LogP contribution in [0.2, 0.25) is 0 Å². The van der Waals surface area contributed by atoms with Crippen LogP contribution >= 0.6 is 0 Å². The highest BCUT2D eigenvalue weighted by molar-refractivity contribution is 5.81. The number of aromatic nitrogens is 2. The molecule has 0 amide bonds. The Labute approximate surface area is 77.0 Å². The van der Waals surface area contributed by atoms with Crippen molar-refractivity contribution in [3.8, 4) is 12.3 Å². The van der Waals surface area contributed by atoms with Crippen molar-refractivity contribution in [1.29, 1.82) is 0 Å². The van der Waals surface area contributed by atoms with E-state index in [4.69, 9.17) is 6.42 Å². The molecule has 0 saturated heterocycles. The number of aryl methyl sites for hydroxylation is 1. The minimum atomic E-state index is 0.756. The lowest BCUT2D eigenvalue weighted by atomic mass is 10.1. The van der Waals surface area contributed by atoms with Crippen LogP contribution in [0.3, 0.4) is 0 Å². The van der Waals surface area contributed by atoms with Gasteiger partial charge >= 0.3 is 0 Å². The molecule has 64 valence electrons. The third-order valence-electron chi connectivity index (χ3n) is 2.06. The summed E-state index contributed by atoms with van der Waals surface area (Å²) in [7, 11) is 0. The maximum Gasteiger partial charge on any atom is 0.0923 e. The van der Waals surface area contributed by atoms with Gasteiger partial charge in [-0.1, -0.05) is 18.2 Å². The molecule has 2 heteroatoms. The monoisotopic (exact) mass is 170 g/mol. The first-order valence-corrected chi connectivity index (χ1v) is 4.27. The zero-order valence-corrected chi connectivity index (χ0v) is 7.25. The largest absolute Gasteiger partial charge is 0.281 e. The summed E-state index contributed by atoms with van der Waals surface area (Å²) >= 11 is 0. The molecule has 1 aromatic carbocycles. The van der Waals surface area contributed by atoms with Crippen molar-refractivity contribution < 1.29 is 0 Å². The number of para-hydroxylation sites is 1. The second kappa shape index (κ2) is 3.32. The fraction of sp³-hybridized carbons (Fsp3) is 0.182. The molecule has 0 saturated carbocycles. The second-order valence-corrected chi connectivity index (χ2v) is 2.92. The standard InChI is InChI=1S/C11H10N2/c1-2-3-7-10-9-6-4-5-8-11(9)13-12-10/h1,4-6,8H,3,7H2,(H,12,13). The normalized spacial score (nSPS) is 10.1. The summed E-state index contributed by atoms with van der Waals surface area (Å²) in [5.41, 5.74) is 2.14. The van der Waals surface area contributed by atoms with Crippen molar-refractivity contribution in [3.05, 3.63) is 30.0 Å². The Hall–Kier alpha value is -1.75. The molecule has 13 heavy (non-hydrogen) atoms. The number of hydrogen-bond donors (Lipinski definition) is 1. The smallest absolute Gasteiger partial charge is 0.0923 e. The molecule has 0 fully saturated rings. The van der Waals surface area contributed by atoms with Gasteiger partial charge in [-0.05, 0) is 6.07 Å². The van der Waals surface area contributed by atoms with E-state index in [0.717, 1.165) is 24.1 Å². The van der Waals surface area contributed by atoms with Gasteiger partial charge in [0.25, 0.3) is 0 Å². The lowest BCUT2D eigenvalue weighted by Crippen LogP contribution is -1.83. The van der Waals surface area contributed by atoms with E-state index < -0.39 is 0 Å². The van der Waals surface area contributed by atoms with E-state index in [0.29, 0.717) is 0 Å². The Balaban J connectivity index is 2.41. The summed E-state index contributed by atoms with van der Waals surface area (Å²) < 4.78 is 0. The Morgan fingerprint density at radius 3 is 3.08 bits per heavy atom. The number of rotatable bonds is 2. The Kier molecular flexibility index (Phi) is 2.01. The zero-order valence-electron chi connectivity index (χ0n) is 7.25. The van der Waals surface area contributed by atoms with Crippen molar-refractivity contribution in [1.82, 2.24) is 10.2 Å². The van der Waals surface area contributed by atoms with Gasteiger partial charge in [0.2, 0.25) is 0 Å². The summed E-state index contributed by atoms with van der Waals surface area (Å²) in [6.45, 7) is 0. The van der Waals surface area contributed by atoms with E-state index in [2.05, 4.69) is 22.2 Å². The Morgan fingerprint density at radius 2 is 2.23 bits per heavy atom. The number of terminal acetylenes is 1. The van der Waals surface area contributed by atoms with Crippen molar-refractivity contribution in [2.75, 3.05) is 0 Å². The molecule has 0 bridgehead atoms. The first-order valence-electron chi connectivity index (χ1n) is 4.27. The molecule has 1 N–H and O–H groups in total. The molecule has 2 rings (SSSR count). The fourth-order valence-corrected chi connectivity index (χ4v) is 1.40. The van der Waals surface area contributed by atoms with Gasteiger partial charge < -0.3 is 0 Å². The quantitative estimate of drug-likeness (QED) is 0.687. The second-order valence-electron chi connectivity index (χ2n) is 2.92. The number of fused-ring (bicyclic) bond motifs is 1. The van der Waals surface area contributed by atoms with Gasteiger partial charge in [0.1, 0.15) is 0 Å². The van der Waals surface area contributed by atoms with Crippen LogP contribution in [0.5, 0.6) is 0 Å². The topological polar surface area (TPSA) is 28.7 Å². The molecule has 2 nitrogen and oxygen atoms in total. The summed E-state index contributed by atoms with van der Waals surface area (Å²) in [4.78, 5) is 0. The third-order valence-corrected chi connectivity index (χ3v) is 2.06. The Morgan fingerprint density at radius 1 is 1.38 bits per heavy atom. The van der Waals surface area contributed by atoms with Gasteiger partial charge in [0, 0.05) is 23.9 Å². The fourth-order valence-electron chi connectivity index (χ4n) is 1.40. The van der Waals surface area contributed by atoms with Crippen LogP contribution in [0.25, 0.3) is 10.9 Å². The van der Waals surface area contributed by atoms with E-state index >= 15 is 0 Å². The molecule has 0 radical (unpaired) electrons. The van der Waals surface area contributed by atoms with E-state index in [1.807, 2.05) is 18.2 Å². The first-order chi connectivity index (χ1) is 6.42. The minimum absolute atomic E-state index is 0.756. The minimum Gasteiger partial charge on any atom is -0.281 e. The van der Waals surface area contributed by atoms with Crippen LogP contribution in [0.1, 0.15) is 12.1 Å². The molecule has 2 aromatic rings.